The first kappa shape index (κ1) is 9.70. The van der Waals surface area contributed by atoms with Gasteiger partial charge in [-0.3, -0.25) is 4.98 Å². The molecule has 0 aromatic carbocycles. The Morgan fingerprint density at radius 1 is 1.50 bits per heavy atom. The minimum atomic E-state index is 0.826. The Balaban J connectivity index is 1.85. The van der Waals surface area contributed by atoms with Crippen molar-refractivity contribution in [3.05, 3.63) is 29.7 Å². The number of methoxy groups -OCH3 is 1. The molecule has 0 amide bonds. The third-order valence-electron chi connectivity index (χ3n) is 3.49. The molecule has 84 valence electrons. The van der Waals surface area contributed by atoms with Gasteiger partial charge in [-0.25, -0.2) is 0 Å². The smallest absolute Gasteiger partial charge is 0.137 e. The van der Waals surface area contributed by atoms with E-state index >= 15 is 0 Å². The molecule has 0 N–H and O–H groups in total. The first-order valence-electron chi connectivity index (χ1n) is 5.80. The summed E-state index contributed by atoms with van der Waals surface area (Å²) >= 11 is 0. The van der Waals surface area contributed by atoms with E-state index in [0.29, 0.717) is 0 Å². The molecule has 1 aromatic heterocycles. The number of piperidine rings is 1. The maximum Gasteiger partial charge on any atom is 0.137 e. The maximum absolute atomic E-state index is 5.18. The first-order valence-corrected chi connectivity index (χ1v) is 5.80. The highest BCUT2D eigenvalue weighted by Gasteiger charge is 2.32. The van der Waals surface area contributed by atoms with Gasteiger partial charge in [-0.1, -0.05) is 0 Å². The second kappa shape index (κ2) is 3.81. The van der Waals surface area contributed by atoms with Gasteiger partial charge in [0.2, 0.25) is 0 Å². The standard InChI is InChI=1S/C13H16N2O/c1-16-13-6-11(7-14-8-13)5-12-4-10-2-3-15(12)9-10/h5-8,10H,2-4,9H2,1H3. The van der Waals surface area contributed by atoms with Crippen molar-refractivity contribution in [2.45, 2.75) is 12.8 Å². The van der Waals surface area contributed by atoms with Crippen LogP contribution in [-0.2, 0) is 0 Å². The molecule has 3 heteroatoms. The van der Waals surface area contributed by atoms with Gasteiger partial charge >= 0.3 is 0 Å². The Morgan fingerprint density at radius 2 is 2.44 bits per heavy atom. The van der Waals surface area contributed by atoms with Crippen molar-refractivity contribution >= 4 is 6.08 Å². The number of allylic oxidation sites excluding steroid dienone is 1. The van der Waals surface area contributed by atoms with E-state index in [4.69, 9.17) is 4.74 Å². The Kier molecular flexibility index (Phi) is 2.31. The molecule has 1 aromatic rings. The normalized spacial score (nSPS) is 25.4. The number of hydrogen-bond acceptors (Lipinski definition) is 3. The first-order chi connectivity index (χ1) is 7.85. The van der Waals surface area contributed by atoms with E-state index in [0.717, 1.165) is 17.2 Å². The molecule has 0 spiro atoms. The SMILES string of the molecule is COc1cncc(C=C2CC3CCN2C3)c1. The van der Waals surface area contributed by atoms with Crippen molar-refractivity contribution in [2.24, 2.45) is 5.92 Å². The third-order valence-corrected chi connectivity index (χ3v) is 3.49. The van der Waals surface area contributed by atoms with Crippen molar-refractivity contribution < 1.29 is 4.74 Å². The van der Waals surface area contributed by atoms with Crippen LogP contribution in [0.1, 0.15) is 18.4 Å². The lowest BCUT2D eigenvalue weighted by Crippen LogP contribution is -2.14. The molecule has 2 aliphatic rings. The summed E-state index contributed by atoms with van der Waals surface area (Å²) in [6.45, 7) is 2.48. The molecule has 1 unspecified atom stereocenters. The Hall–Kier alpha value is -1.51. The number of rotatable bonds is 2. The van der Waals surface area contributed by atoms with Crippen molar-refractivity contribution in [3.8, 4) is 5.75 Å². The zero-order chi connectivity index (χ0) is 11.0. The molecular formula is C13H16N2O. The minimum Gasteiger partial charge on any atom is -0.495 e. The molecule has 2 saturated heterocycles. The summed E-state index contributed by atoms with van der Waals surface area (Å²) in [6, 6.07) is 2.03. The number of nitrogens with zero attached hydrogens (tertiary/aromatic N) is 2. The van der Waals surface area contributed by atoms with Crippen molar-refractivity contribution in [2.75, 3.05) is 20.2 Å². The lowest BCUT2D eigenvalue weighted by molar-refractivity contribution is 0.412. The van der Waals surface area contributed by atoms with Crippen LogP contribution in [0.25, 0.3) is 6.08 Å². The van der Waals surface area contributed by atoms with E-state index in [-0.39, 0.29) is 0 Å². The molecule has 2 fully saturated rings. The third kappa shape index (κ3) is 1.66. The van der Waals surface area contributed by atoms with Crippen molar-refractivity contribution in [3.63, 3.8) is 0 Å². The molecule has 0 saturated carbocycles. The average Bonchev–Trinajstić information content (AvgIpc) is 2.91. The summed E-state index contributed by atoms with van der Waals surface area (Å²) in [5.74, 6) is 1.72. The molecule has 0 radical (unpaired) electrons. The van der Waals surface area contributed by atoms with Crippen LogP contribution in [0.4, 0.5) is 0 Å². The second-order valence-corrected chi connectivity index (χ2v) is 4.60. The molecule has 16 heavy (non-hydrogen) atoms. The highest BCUT2D eigenvalue weighted by atomic mass is 16.5. The summed E-state index contributed by atoms with van der Waals surface area (Å²) in [5.41, 5.74) is 2.60. The van der Waals surface area contributed by atoms with Crippen LogP contribution in [0, 0.1) is 5.92 Å². The van der Waals surface area contributed by atoms with Gasteiger partial charge in [0, 0.05) is 25.0 Å². The van der Waals surface area contributed by atoms with Gasteiger partial charge in [-0.15, -0.1) is 0 Å². The molecule has 0 aliphatic carbocycles. The van der Waals surface area contributed by atoms with Crippen LogP contribution in [0.2, 0.25) is 0 Å². The van der Waals surface area contributed by atoms with E-state index in [9.17, 15) is 0 Å². The predicted octanol–water partition coefficient (Wildman–Crippen LogP) is 2.16. The fourth-order valence-corrected chi connectivity index (χ4v) is 2.65. The molecule has 3 nitrogen and oxygen atoms in total. The molecular weight excluding hydrogens is 200 g/mol. The largest absolute Gasteiger partial charge is 0.495 e. The van der Waals surface area contributed by atoms with Crippen molar-refractivity contribution in [1.29, 1.82) is 0 Å². The fraction of sp³-hybridized carbons (Fsp3) is 0.462. The Labute approximate surface area is 95.7 Å². The van der Waals surface area contributed by atoms with E-state index in [1.165, 1.54) is 31.6 Å². The van der Waals surface area contributed by atoms with Crippen LogP contribution >= 0.6 is 0 Å². The van der Waals surface area contributed by atoms with Gasteiger partial charge in [0.05, 0.1) is 13.3 Å². The molecule has 2 aliphatic heterocycles. The summed E-state index contributed by atoms with van der Waals surface area (Å²) < 4.78 is 5.18. The van der Waals surface area contributed by atoms with Gasteiger partial charge in [0.1, 0.15) is 5.75 Å². The maximum atomic E-state index is 5.18. The number of ether oxygens (including phenoxy) is 1. The summed E-state index contributed by atoms with van der Waals surface area (Å²) in [6.07, 6.45) is 8.48. The highest BCUT2D eigenvalue weighted by molar-refractivity contribution is 5.54. The van der Waals surface area contributed by atoms with E-state index < -0.39 is 0 Å². The van der Waals surface area contributed by atoms with Crippen LogP contribution in [0.5, 0.6) is 5.75 Å². The zero-order valence-electron chi connectivity index (χ0n) is 9.52. The van der Waals surface area contributed by atoms with E-state index in [2.05, 4.69) is 16.0 Å². The number of pyridine rings is 1. The second-order valence-electron chi connectivity index (χ2n) is 4.60. The van der Waals surface area contributed by atoms with E-state index in [1.807, 2.05) is 12.3 Å². The van der Waals surface area contributed by atoms with Gasteiger partial charge < -0.3 is 9.64 Å². The summed E-state index contributed by atoms with van der Waals surface area (Å²) in [4.78, 5) is 6.66. The Bertz CT molecular complexity index is 428. The van der Waals surface area contributed by atoms with Crippen LogP contribution < -0.4 is 4.74 Å². The Morgan fingerprint density at radius 3 is 3.12 bits per heavy atom. The van der Waals surface area contributed by atoms with E-state index in [1.54, 1.807) is 13.3 Å². The quantitative estimate of drug-likeness (QED) is 0.757. The predicted molar refractivity (Wildman–Crippen MR) is 63.1 cm³/mol. The lowest BCUT2D eigenvalue weighted by atomic mass is 10.0. The van der Waals surface area contributed by atoms with Crippen LogP contribution in [-0.4, -0.2) is 30.1 Å². The molecule has 3 rings (SSSR count). The minimum absolute atomic E-state index is 0.826. The highest BCUT2D eigenvalue weighted by Crippen LogP contribution is 2.36. The van der Waals surface area contributed by atoms with Gasteiger partial charge in [0.15, 0.2) is 0 Å². The fourth-order valence-electron chi connectivity index (χ4n) is 2.65. The van der Waals surface area contributed by atoms with Crippen LogP contribution in [0.3, 0.4) is 0 Å². The monoisotopic (exact) mass is 216 g/mol. The van der Waals surface area contributed by atoms with Gasteiger partial charge in [-0.05, 0) is 36.5 Å². The molecule has 3 heterocycles. The average molecular weight is 216 g/mol. The van der Waals surface area contributed by atoms with Crippen LogP contribution in [0.15, 0.2) is 24.2 Å². The molecule has 2 bridgehead atoms. The topological polar surface area (TPSA) is 25.4 Å². The summed E-state index contributed by atoms with van der Waals surface area (Å²) in [7, 11) is 1.68. The summed E-state index contributed by atoms with van der Waals surface area (Å²) in [5, 5.41) is 0. The number of hydrogen-bond donors (Lipinski definition) is 0. The van der Waals surface area contributed by atoms with Gasteiger partial charge in [-0.2, -0.15) is 0 Å². The number of fused-ring (bicyclic) bond motifs is 2. The zero-order valence-corrected chi connectivity index (χ0v) is 9.52. The lowest BCUT2D eigenvalue weighted by Gasteiger charge is -2.18. The number of aromatic nitrogens is 1. The van der Waals surface area contributed by atoms with Gasteiger partial charge in [0.25, 0.3) is 0 Å². The molecule has 1 atom stereocenters. The van der Waals surface area contributed by atoms with Crippen molar-refractivity contribution in [1.82, 2.24) is 9.88 Å².